The molecule has 0 fully saturated rings. The van der Waals surface area contributed by atoms with Crippen molar-refractivity contribution in [2.75, 3.05) is 14.2 Å². The van der Waals surface area contributed by atoms with E-state index in [2.05, 4.69) is 48.2 Å². The number of nitro groups is 1. The van der Waals surface area contributed by atoms with Crippen molar-refractivity contribution >= 4 is 28.1 Å². The topological polar surface area (TPSA) is 109 Å². The average Bonchev–Trinajstić information content (AvgIpc) is 3.37. The molecule has 0 aliphatic carbocycles. The van der Waals surface area contributed by atoms with Crippen LogP contribution >= 0.6 is 11.3 Å². The van der Waals surface area contributed by atoms with Crippen LogP contribution in [-0.4, -0.2) is 33.7 Å². The third-order valence-corrected chi connectivity index (χ3v) is 6.69. The summed E-state index contributed by atoms with van der Waals surface area (Å²) < 4.78 is 11.9. The first-order valence-electron chi connectivity index (χ1n) is 11.1. The molecule has 0 aliphatic rings. The molecule has 182 valence electrons. The van der Waals surface area contributed by atoms with Crippen molar-refractivity contribution in [2.45, 2.75) is 33.1 Å². The molecular weight excluding hydrogens is 468 g/mol. The lowest BCUT2D eigenvalue weighted by atomic mass is 9.96. The first-order chi connectivity index (χ1) is 16.7. The first kappa shape index (κ1) is 24.3. The molecule has 0 radical (unpaired) electrons. The molecule has 2 aromatic heterocycles. The van der Waals surface area contributed by atoms with Crippen LogP contribution < -0.4 is 19.6 Å². The summed E-state index contributed by atoms with van der Waals surface area (Å²) in [5, 5.41) is 16.2. The second-order valence-corrected chi connectivity index (χ2v) is 9.65. The summed E-state index contributed by atoms with van der Waals surface area (Å²) in [4.78, 5) is 29.2. The number of nitro benzene ring substituents is 1. The Morgan fingerprint density at radius 1 is 1.11 bits per heavy atom. The van der Waals surface area contributed by atoms with Gasteiger partial charge < -0.3 is 9.47 Å². The number of benzene rings is 2. The van der Waals surface area contributed by atoms with Crippen LogP contribution in [0.2, 0.25) is 0 Å². The predicted molar refractivity (Wildman–Crippen MR) is 135 cm³/mol. The van der Waals surface area contributed by atoms with Crippen LogP contribution in [0.1, 0.15) is 49.2 Å². The molecule has 0 aliphatic heterocycles. The van der Waals surface area contributed by atoms with Crippen molar-refractivity contribution in [1.82, 2.24) is 14.6 Å². The lowest BCUT2D eigenvalue weighted by Gasteiger charge is -2.10. The number of methoxy groups -OCH3 is 2. The average molecular weight is 495 g/mol. The van der Waals surface area contributed by atoms with Crippen molar-refractivity contribution in [3.63, 3.8) is 0 Å². The van der Waals surface area contributed by atoms with Gasteiger partial charge in [-0.15, -0.1) is 5.10 Å². The second-order valence-electron chi connectivity index (χ2n) is 8.64. The van der Waals surface area contributed by atoms with Gasteiger partial charge in [-0.3, -0.25) is 14.9 Å². The molecule has 10 heteroatoms. The molecule has 0 spiro atoms. The van der Waals surface area contributed by atoms with Gasteiger partial charge in [0.2, 0.25) is 10.7 Å². The third-order valence-electron chi connectivity index (χ3n) is 5.73. The fourth-order valence-corrected chi connectivity index (χ4v) is 4.87. The van der Waals surface area contributed by atoms with E-state index in [4.69, 9.17) is 9.47 Å². The summed E-state index contributed by atoms with van der Waals surface area (Å²) >= 11 is 1.13. The third kappa shape index (κ3) is 4.74. The fraction of sp³-hybridized carbons (Fsp3) is 0.320. The minimum atomic E-state index is -0.555. The molecule has 4 rings (SSSR count). The van der Waals surface area contributed by atoms with E-state index in [9.17, 15) is 14.9 Å². The monoisotopic (exact) mass is 494 g/mol. The summed E-state index contributed by atoms with van der Waals surface area (Å²) in [6, 6.07) is 11.5. The standard InChI is InChI=1S/C25H26N4O5S/c1-14(2)12-16-6-8-17(9-7-16)15(3)23-26-25-28(27-23)24(30)20(35-25)13-18-10-11-19(33-4)22(34-5)21(18)29(31)32/h6-11,13-15H,12H2,1-5H3/b20-13-. The van der Waals surface area contributed by atoms with Crippen molar-refractivity contribution < 1.29 is 14.4 Å². The Morgan fingerprint density at radius 3 is 2.40 bits per heavy atom. The van der Waals surface area contributed by atoms with Crippen LogP contribution in [0.25, 0.3) is 11.0 Å². The zero-order valence-corrected chi connectivity index (χ0v) is 21.0. The molecule has 0 N–H and O–H groups in total. The van der Waals surface area contributed by atoms with E-state index < -0.39 is 4.92 Å². The van der Waals surface area contributed by atoms with E-state index in [1.807, 2.05) is 6.92 Å². The summed E-state index contributed by atoms with van der Waals surface area (Å²) in [7, 11) is 2.73. The molecular formula is C25H26N4O5S. The maximum absolute atomic E-state index is 13.0. The highest BCUT2D eigenvalue weighted by Gasteiger charge is 2.25. The van der Waals surface area contributed by atoms with Gasteiger partial charge in [-0.25, -0.2) is 4.98 Å². The van der Waals surface area contributed by atoms with Crippen LogP contribution in [0.4, 0.5) is 5.69 Å². The smallest absolute Gasteiger partial charge is 0.322 e. The molecule has 1 atom stereocenters. The number of nitrogens with zero attached hydrogens (tertiary/aromatic N) is 4. The number of hydrogen-bond donors (Lipinski definition) is 0. The van der Waals surface area contributed by atoms with E-state index in [1.54, 1.807) is 6.07 Å². The zero-order valence-electron chi connectivity index (χ0n) is 20.1. The highest BCUT2D eigenvalue weighted by atomic mass is 32.1. The molecule has 35 heavy (non-hydrogen) atoms. The summed E-state index contributed by atoms with van der Waals surface area (Å²) in [6.45, 7) is 6.38. The van der Waals surface area contributed by atoms with E-state index in [-0.39, 0.29) is 38.8 Å². The highest BCUT2D eigenvalue weighted by Crippen LogP contribution is 2.39. The largest absolute Gasteiger partial charge is 0.493 e. The Labute approximate surface area is 205 Å². The second kappa shape index (κ2) is 9.83. The fourth-order valence-electron chi connectivity index (χ4n) is 3.97. The molecule has 0 bridgehead atoms. The lowest BCUT2D eigenvalue weighted by Crippen LogP contribution is -2.24. The predicted octanol–water partition coefficient (Wildman–Crippen LogP) is 3.97. The first-order valence-corrected chi connectivity index (χ1v) is 11.9. The van der Waals surface area contributed by atoms with Gasteiger partial charge in [-0.05, 0) is 41.7 Å². The number of thiazole rings is 1. The van der Waals surface area contributed by atoms with Gasteiger partial charge in [-0.2, -0.15) is 4.52 Å². The molecule has 9 nitrogen and oxygen atoms in total. The zero-order chi connectivity index (χ0) is 25.3. The maximum atomic E-state index is 13.0. The van der Waals surface area contributed by atoms with Crippen molar-refractivity contribution in [3.8, 4) is 11.5 Å². The van der Waals surface area contributed by atoms with Crippen LogP contribution in [0.15, 0.2) is 41.2 Å². The van der Waals surface area contributed by atoms with Gasteiger partial charge in [0.15, 0.2) is 11.6 Å². The Morgan fingerprint density at radius 2 is 1.83 bits per heavy atom. The van der Waals surface area contributed by atoms with Crippen LogP contribution in [-0.2, 0) is 6.42 Å². The van der Waals surface area contributed by atoms with Gasteiger partial charge in [0.05, 0.1) is 29.2 Å². The van der Waals surface area contributed by atoms with E-state index in [1.165, 1.54) is 36.4 Å². The number of aromatic nitrogens is 3. The molecule has 2 heterocycles. The van der Waals surface area contributed by atoms with Crippen molar-refractivity contribution in [2.24, 2.45) is 5.92 Å². The van der Waals surface area contributed by atoms with Crippen LogP contribution in [0.5, 0.6) is 11.5 Å². The summed E-state index contributed by atoms with van der Waals surface area (Å²) in [6.07, 6.45) is 2.48. The van der Waals surface area contributed by atoms with Crippen LogP contribution in [0.3, 0.4) is 0 Å². The van der Waals surface area contributed by atoms with E-state index in [0.29, 0.717) is 16.7 Å². The Balaban J connectivity index is 1.71. The van der Waals surface area contributed by atoms with Crippen LogP contribution in [0, 0.1) is 16.0 Å². The number of hydrogen-bond acceptors (Lipinski definition) is 8. The summed E-state index contributed by atoms with van der Waals surface area (Å²) in [5.74, 6) is 1.27. The van der Waals surface area contributed by atoms with E-state index in [0.717, 1.165) is 23.3 Å². The highest BCUT2D eigenvalue weighted by molar-refractivity contribution is 7.15. The lowest BCUT2D eigenvalue weighted by molar-refractivity contribution is -0.386. The molecule has 2 aromatic carbocycles. The minimum Gasteiger partial charge on any atom is -0.493 e. The normalized spacial score (nSPS) is 12.9. The van der Waals surface area contributed by atoms with E-state index >= 15 is 0 Å². The van der Waals surface area contributed by atoms with Gasteiger partial charge >= 0.3 is 5.69 Å². The quantitative estimate of drug-likeness (QED) is 0.269. The number of fused-ring (bicyclic) bond motifs is 1. The molecule has 0 saturated heterocycles. The minimum absolute atomic E-state index is 0.00585. The van der Waals surface area contributed by atoms with Crippen molar-refractivity contribution in [1.29, 1.82) is 0 Å². The number of ether oxygens (including phenoxy) is 2. The van der Waals surface area contributed by atoms with Crippen molar-refractivity contribution in [3.05, 3.63) is 83.9 Å². The Bertz CT molecular complexity index is 1490. The SMILES string of the molecule is COc1ccc(/C=c2\sc3nc(C(C)c4ccc(CC(C)C)cc4)nn3c2=O)c([N+](=O)[O-])c1OC. The maximum Gasteiger partial charge on any atom is 0.322 e. The summed E-state index contributed by atoms with van der Waals surface area (Å²) in [5.41, 5.74) is 1.91. The Hall–Kier alpha value is -3.79. The molecule has 1 unspecified atom stereocenters. The number of rotatable bonds is 8. The van der Waals surface area contributed by atoms with Gasteiger partial charge in [-0.1, -0.05) is 56.4 Å². The Kier molecular flexibility index (Phi) is 6.83. The molecule has 4 aromatic rings. The molecule has 0 amide bonds. The molecule has 0 saturated carbocycles. The van der Waals surface area contributed by atoms with Gasteiger partial charge in [0.1, 0.15) is 0 Å². The van der Waals surface area contributed by atoms with Gasteiger partial charge in [0.25, 0.3) is 5.56 Å². The van der Waals surface area contributed by atoms with Gasteiger partial charge in [0, 0.05) is 5.92 Å².